The van der Waals surface area contributed by atoms with E-state index in [4.69, 9.17) is 21.1 Å². The summed E-state index contributed by atoms with van der Waals surface area (Å²) in [7, 11) is -2.46. The Morgan fingerprint density at radius 3 is 2.80 bits per heavy atom. The van der Waals surface area contributed by atoms with Crippen LogP contribution in [0.15, 0.2) is 48.6 Å². The number of carbonyl (C=O) groups is 1. The fourth-order valence-electron chi connectivity index (χ4n) is 7.65. The van der Waals surface area contributed by atoms with Crippen LogP contribution in [0, 0.1) is 11.8 Å². The van der Waals surface area contributed by atoms with E-state index in [1.165, 1.54) is 11.1 Å². The number of nitrogens with zero attached hydrogens (tertiary/aromatic N) is 1. The number of benzene rings is 2. The monoisotopic (exact) mass is 675 g/mol. The highest BCUT2D eigenvalue weighted by Crippen LogP contribution is 2.47. The SMILES string of the molecule is CO[C@H]1/C=C/CC[C@@H](CCS(=O)[O-])S(=O)(=O)NC(=O)c2ccc3c(c2)N(C[C@@H]2CC[C@H]21)C[C@@]1(CCCc2cc(Cl)ccc21)CO3. The molecule has 0 saturated heterocycles. The number of anilines is 1. The molecule has 2 aromatic carbocycles. The van der Waals surface area contributed by atoms with E-state index < -0.39 is 32.3 Å². The zero-order valence-electron chi connectivity index (χ0n) is 25.4. The summed E-state index contributed by atoms with van der Waals surface area (Å²) < 4.78 is 64.1. The Kier molecular flexibility index (Phi) is 9.64. The molecular weight excluding hydrogens is 636 g/mol. The molecule has 9 nitrogen and oxygen atoms in total. The van der Waals surface area contributed by atoms with Gasteiger partial charge in [0, 0.05) is 42.0 Å². The average Bonchev–Trinajstić information content (AvgIpc) is 3.14. The van der Waals surface area contributed by atoms with Gasteiger partial charge < -0.3 is 18.9 Å². The van der Waals surface area contributed by atoms with E-state index in [2.05, 4.69) is 21.8 Å². The molecule has 244 valence electrons. The number of ether oxygens (including phenoxy) is 2. The van der Waals surface area contributed by atoms with Crippen molar-refractivity contribution < 1.29 is 31.4 Å². The third-order valence-electron chi connectivity index (χ3n) is 10.2. The summed E-state index contributed by atoms with van der Waals surface area (Å²) in [5, 5.41) is -0.325. The van der Waals surface area contributed by atoms with E-state index in [-0.39, 0.29) is 41.6 Å². The van der Waals surface area contributed by atoms with Crippen LogP contribution >= 0.6 is 11.6 Å². The number of aryl methyl sites for hydroxylation is 1. The predicted molar refractivity (Wildman–Crippen MR) is 174 cm³/mol. The van der Waals surface area contributed by atoms with Crippen molar-refractivity contribution in [2.75, 3.05) is 37.5 Å². The molecule has 4 aliphatic rings. The summed E-state index contributed by atoms with van der Waals surface area (Å²) in [5.74, 6) is 0.237. The molecule has 2 aliphatic carbocycles. The molecule has 12 heteroatoms. The molecule has 1 N–H and O–H groups in total. The molecule has 1 fully saturated rings. The van der Waals surface area contributed by atoms with Gasteiger partial charge >= 0.3 is 0 Å². The third kappa shape index (κ3) is 6.83. The zero-order chi connectivity index (χ0) is 31.8. The average molecular weight is 676 g/mol. The van der Waals surface area contributed by atoms with Crippen LogP contribution in [0.5, 0.6) is 5.75 Å². The molecule has 1 amide bonds. The molecule has 6 rings (SSSR count). The molecule has 1 saturated carbocycles. The largest absolute Gasteiger partial charge is 0.772 e. The standard InChI is InChI=1S/C33H41ClN2O7S2/c1-42-30-7-3-2-6-26(14-16-44(38)39)45(40,41)35-32(37)23-9-13-31-29(18-23)36(19-24-8-11-27(24)30)20-33(21-43-31)15-4-5-22-17-25(34)10-12-28(22)33/h3,7,9-10,12-13,17-18,24,26-27,30H,2,4-6,8,11,14-16,19-21H2,1H3,(H,35,37)(H,38,39)/p-1/b7-3+/t24-,26-,27+,30-,33-/m0/s1. The number of methoxy groups -OCH3 is 1. The number of hydrogen-bond donors (Lipinski definition) is 1. The van der Waals surface area contributed by atoms with E-state index in [1.807, 2.05) is 18.2 Å². The van der Waals surface area contributed by atoms with Crippen LogP contribution in [0.4, 0.5) is 5.69 Å². The Morgan fingerprint density at radius 1 is 1.20 bits per heavy atom. The van der Waals surface area contributed by atoms with Crippen molar-refractivity contribution in [3.05, 3.63) is 70.3 Å². The first-order valence-electron chi connectivity index (χ1n) is 15.7. The molecule has 2 heterocycles. The number of nitrogens with one attached hydrogen (secondary N) is 1. The molecule has 2 aromatic rings. The second-order valence-electron chi connectivity index (χ2n) is 12.9. The molecule has 1 spiro atoms. The van der Waals surface area contributed by atoms with Gasteiger partial charge in [-0.3, -0.25) is 9.00 Å². The quantitative estimate of drug-likeness (QED) is 0.359. The lowest BCUT2D eigenvalue weighted by Crippen LogP contribution is -2.49. The van der Waals surface area contributed by atoms with Crippen LogP contribution in [-0.2, 0) is 37.7 Å². The van der Waals surface area contributed by atoms with Crippen molar-refractivity contribution in [3.63, 3.8) is 0 Å². The number of amides is 1. The summed E-state index contributed by atoms with van der Waals surface area (Å²) in [6, 6.07) is 11.2. The van der Waals surface area contributed by atoms with E-state index in [0.29, 0.717) is 31.2 Å². The lowest BCUT2D eigenvalue weighted by Gasteiger charge is -2.46. The van der Waals surface area contributed by atoms with Gasteiger partial charge in [-0.05, 0) is 105 Å². The predicted octanol–water partition coefficient (Wildman–Crippen LogP) is 4.90. The molecule has 2 bridgehead atoms. The van der Waals surface area contributed by atoms with E-state index >= 15 is 0 Å². The Hall–Kier alpha value is -2.44. The van der Waals surface area contributed by atoms with Gasteiger partial charge in [-0.25, -0.2) is 13.1 Å². The number of rotatable bonds is 4. The zero-order valence-corrected chi connectivity index (χ0v) is 27.8. The first-order chi connectivity index (χ1) is 21.6. The van der Waals surface area contributed by atoms with Crippen molar-refractivity contribution in [2.24, 2.45) is 11.8 Å². The summed E-state index contributed by atoms with van der Waals surface area (Å²) in [6.45, 7) is 1.91. The lowest BCUT2D eigenvalue weighted by atomic mass is 9.68. The van der Waals surface area contributed by atoms with Crippen LogP contribution in [0.2, 0.25) is 5.02 Å². The molecule has 0 radical (unpaired) electrons. The van der Waals surface area contributed by atoms with Gasteiger partial charge in [0.15, 0.2) is 0 Å². The van der Waals surface area contributed by atoms with Gasteiger partial charge in [0.25, 0.3) is 5.91 Å². The Labute approximate surface area is 273 Å². The molecule has 45 heavy (non-hydrogen) atoms. The van der Waals surface area contributed by atoms with Crippen LogP contribution in [0.3, 0.4) is 0 Å². The number of halogens is 1. The molecule has 1 unspecified atom stereocenters. The topological polar surface area (TPSA) is 125 Å². The first-order valence-corrected chi connectivity index (χ1v) is 18.9. The second-order valence-corrected chi connectivity index (χ2v) is 16.3. The minimum Gasteiger partial charge on any atom is -0.772 e. The van der Waals surface area contributed by atoms with Crippen molar-refractivity contribution in [1.29, 1.82) is 0 Å². The fraction of sp³-hybridized carbons (Fsp3) is 0.545. The van der Waals surface area contributed by atoms with Crippen molar-refractivity contribution in [3.8, 4) is 5.75 Å². The molecule has 6 atom stereocenters. The summed E-state index contributed by atoms with van der Waals surface area (Å²) >= 11 is 4.00. The number of allylic oxidation sites excluding steroid dienone is 1. The number of hydrogen-bond acceptors (Lipinski definition) is 8. The van der Waals surface area contributed by atoms with Gasteiger partial charge in [0.1, 0.15) is 5.75 Å². The molecule has 2 aliphatic heterocycles. The minimum absolute atomic E-state index is 0.106. The van der Waals surface area contributed by atoms with E-state index in [1.54, 1.807) is 25.3 Å². The van der Waals surface area contributed by atoms with E-state index in [9.17, 15) is 22.0 Å². The maximum absolute atomic E-state index is 13.5. The second kappa shape index (κ2) is 13.4. The smallest absolute Gasteiger partial charge is 0.264 e. The van der Waals surface area contributed by atoms with Crippen LogP contribution < -0.4 is 14.4 Å². The van der Waals surface area contributed by atoms with Gasteiger partial charge in [-0.15, -0.1) is 0 Å². The minimum atomic E-state index is -4.17. The number of sulfonamides is 1. The molecule has 0 aromatic heterocycles. The first kappa shape index (κ1) is 32.5. The summed E-state index contributed by atoms with van der Waals surface area (Å²) in [5.41, 5.74) is 3.17. The highest BCUT2D eigenvalue weighted by molar-refractivity contribution is 7.90. The maximum Gasteiger partial charge on any atom is 0.264 e. The highest BCUT2D eigenvalue weighted by atomic mass is 35.5. The van der Waals surface area contributed by atoms with Crippen molar-refractivity contribution in [2.45, 2.75) is 68.1 Å². The summed E-state index contributed by atoms with van der Waals surface area (Å²) in [4.78, 5) is 15.8. The van der Waals surface area contributed by atoms with Crippen molar-refractivity contribution >= 4 is 44.3 Å². The van der Waals surface area contributed by atoms with Gasteiger partial charge in [-0.1, -0.05) is 40.9 Å². The third-order valence-corrected chi connectivity index (χ3v) is 12.8. The number of carbonyl (C=O) groups excluding carboxylic acids is 1. The Morgan fingerprint density at radius 2 is 2.04 bits per heavy atom. The number of fused-ring (bicyclic) bond motifs is 4. The fourth-order valence-corrected chi connectivity index (χ4v) is 9.89. The van der Waals surface area contributed by atoms with Crippen LogP contribution in [-0.4, -0.2) is 67.0 Å². The van der Waals surface area contributed by atoms with Gasteiger partial charge in [0.2, 0.25) is 10.0 Å². The van der Waals surface area contributed by atoms with E-state index in [0.717, 1.165) is 49.4 Å². The van der Waals surface area contributed by atoms with Crippen LogP contribution in [0.25, 0.3) is 0 Å². The maximum atomic E-state index is 13.5. The highest BCUT2D eigenvalue weighted by Gasteiger charge is 2.44. The van der Waals surface area contributed by atoms with Crippen molar-refractivity contribution in [1.82, 2.24) is 4.72 Å². The summed E-state index contributed by atoms with van der Waals surface area (Å²) in [6.07, 6.45) is 9.29. The normalized spacial score (nSPS) is 30.9. The van der Waals surface area contributed by atoms with Gasteiger partial charge in [-0.2, -0.15) is 0 Å². The van der Waals surface area contributed by atoms with Crippen LogP contribution in [0.1, 0.15) is 66.4 Å². The Balaban J connectivity index is 1.40. The molecular formula is C33H40ClN2O7S2-. The van der Waals surface area contributed by atoms with Gasteiger partial charge in [0.05, 0.1) is 23.6 Å². The Bertz CT molecular complexity index is 1600. The lowest BCUT2D eigenvalue weighted by molar-refractivity contribution is 0.0132.